The second-order valence-corrected chi connectivity index (χ2v) is 30.3. The Morgan fingerprint density at radius 3 is 0.817 bits per heavy atom. The molecule has 0 fully saturated rings. The highest BCUT2D eigenvalue weighted by Gasteiger charge is 2.30. The molecule has 552 valence electrons. The van der Waals surface area contributed by atoms with E-state index in [1.54, 1.807) is 0 Å². The molecule has 0 radical (unpaired) electrons. The molecule has 0 rings (SSSR count). The third-order valence-electron chi connectivity index (χ3n) is 17.6. The molecule has 93 heavy (non-hydrogen) atoms. The number of ether oxygens (including phenoxy) is 4. The Morgan fingerprint density at radius 1 is 0.312 bits per heavy atom. The van der Waals surface area contributed by atoms with Crippen LogP contribution in [0.1, 0.15) is 382 Å². The molecule has 0 aromatic rings. The fraction of sp³-hybridized carbons (Fsp3) is 0.946. The van der Waals surface area contributed by atoms with Crippen molar-refractivity contribution in [3.8, 4) is 0 Å². The van der Waals surface area contributed by atoms with E-state index in [4.69, 9.17) is 37.0 Å². The van der Waals surface area contributed by atoms with Crippen LogP contribution in [0.2, 0.25) is 0 Å². The van der Waals surface area contributed by atoms with Crippen molar-refractivity contribution in [3.05, 3.63) is 0 Å². The second-order valence-electron chi connectivity index (χ2n) is 27.4. The van der Waals surface area contributed by atoms with Crippen molar-refractivity contribution in [1.82, 2.24) is 0 Å². The fourth-order valence-electron chi connectivity index (χ4n) is 11.3. The largest absolute Gasteiger partial charge is 0.472 e. The maximum atomic E-state index is 13.1. The van der Waals surface area contributed by atoms with E-state index < -0.39 is 97.5 Å². The number of aliphatic hydroxyl groups excluding tert-OH is 1. The molecule has 0 heterocycles. The Kier molecular flexibility index (Phi) is 64.6. The fourth-order valence-corrected chi connectivity index (χ4v) is 12.8. The first-order valence-corrected chi connectivity index (χ1v) is 41.5. The van der Waals surface area contributed by atoms with E-state index in [-0.39, 0.29) is 25.7 Å². The topological polar surface area (TPSA) is 237 Å². The monoisotopic (exact) mass is 1370 g/mol. The van der Waals surface area contributed by atoms with Crippen molar-refractivity contribution in [2.24, 2.45) is 11.8 Å². The molecule has 17 nitrogen and oxygen atoms in total. The Balaban J connectivity index is 5.00. The smallest absolute Gasteiger partial charge is 0.462 e. The molecule has 0 aromatic carbocycles. The average Bonchev–Trinajstić information content (AvgIpc) is 3.31. The molecule has 0 saturated heterocycles. The number of unbranched alkanes of at least 4 members (excludes halogenated alkanes) is 42. The van der Waals surface area contributed by atoms with Crippen LogP contribution in [-0.4, -0.2) is 96.7 Å². The minimum Gasteiger partial charge on any atom is -0.462 e. The lowest BCUT2D eigenvalue weighted by atomic mass is 9.99. The van der Waals surface area contributed by atoms with Crippen LogP contribution in [0.5, 0.6) is 0 Å². The van der Waals surface area contributed by atoms with Crippen molar-refractivity contribution < 1.29 is 80.2 Å². The molecule has 0 bridgehead atoms. The van der Waals surface area contributed by atoms with Gasteiger partial charge in [0.1, 0.15) is 19.3 Å². The molecule has 0 spiro atoms. The summed E-state index contributed by atoms with van der Waals surface area (Å²) in [4.78, 5) is 72.0. The highest BCUT2D eigenvalue weighted by atomic mass is 31.2. The number of carbonyl (C=O) groups is 4. The normalized spacial score (nSPS) is 14.3. The first kappa shape index (κ1) is 91.1. The summed E-state index contributed by atoms with van der Waals surface area (Å²) in [5, 5.41) is 10.5. The van der Waals surface area contributed by atoms with E-state index in [2.05, 4.69) is 41.5 Å². The van der Waals surface area contributed by atoms with Gasteiger partial charge >= 0.3 is 39.5 Å². The van der Waals surface area contributed by atoms with E-state index in [0.29, 0.717) is 25.7 Å². The zero-order valence-corrected chi connectivity index (χ0v) is 62.3. The number of carbonyl (C=O) groups excluding carboxylic acids is 4. The Labute approximate surface area is 568 Å². The molecule has 0 aliphatic rings. The van der Waals surface area contributed by atoms with Gasteiger partial charge in [0.2, 0.25) is 0 Å². The SMILES string of the molecule is CCCCCCCC(=O)OC[C@H](COP(=O)(O)OC[C@H](O)COP(=O)(O)OC[C@@H](COC(=O)CCCCCCCCCCCCCCCCCCCCC(C)C)OC(=O)CCCCCCCCCCCCCCCCCCCCC(C)CC)OC(=O)CCCCCCC. The van der Waals surface area contributed by atoms with Crippen molar-refractivity contribution in [3.63, 3.8) is 0 Å². The van der Waals surface area contributed by atoms with E-state index in [1.807, 2.05) is 0 Å². The van der Waals surface area contributed by atoms with Crippen LogP contribution < -0.4 is 0 Å². The van der Waals surface area contributed by atoms with Gasteiger partial charge < -0.3 is 33.8 Å². The van der Waals surface area contributed by atoms with Gasteiger partial charge in [0.05, 0.1) is 26.4 Å². The third kappa shape index (κ3) is 67.0. The number of hydrogen-bond donors (Lipinski definition) is 3. The van der Waals surface area contributed by atoms with Gasteiger partial charge in [-0.2, -0.15) is 0 Å². The molecule has 3 unspecified atom stereocenters. The molecule has 19 heteroatoms. The summed E-state index contributed by atoms with van der Waals surface area (Å²) < 4.78 is 67.9. The standard InChI is InChI=1S/C74H144O17P2/c1-7-10-12-42-50-56-71(76)84-62-69(90-73(78)58-52-43-13-11-8-2)64-88-92(80,81)86-60-68(75)61-87-93(82,83)89-65-70(63-85-72(77)57-51-46-40-36-32-28-24-20-16-14-18-22-26-30-34-38-44-48-54-66(4)5)91-74(79)59-53-47-41-37-33-29-25-21-17-15-19-23-27-31-35-39-45-49-55-67(6)9-3/h66-70,75H,7-65H2,1-6H3,(H,80,81)(H,82,83)/t67?,68-,69+,70+/m0/s1. The number of rotatable bonds is 73. The van der Waals surface area contributed by atoms with Gasteiger partial charge in [-0.15, -0.1) is 0 Å². The summed E-state index contributed by atoms with van der Waals surface area (Å²) in [5.74, 6) is -0.450. The van der Waals surface area contributed by atoms with Crippen LogP contribution in [0.3, 0.4) is 0 Å². The van der Waals surface area contributed by atoms with E-state index in [9.17, 15) is 43.2 Å². The lowest BCUT2D eigenvalue weighted by molar-refractivity contribution is -0.161. The summed E-state index contributed by atoms with van der Waals surface area (Å²) in [6.07, 6.45) is 53.9. The predicted molar refractivity (Wildman–Crippen MR) is 377 cm³/mol. The summed E-state index contributed by atoms with van der Waals surface area (Å²) in [5.41, 5.74) is 0. The lowest BCUT2D eigenvalue weighted by Gasteiger charge is -2.21. The van der Waals surface area contributed by atoms with Crippen molar-refractivity contribution in [2.75, 3.05) is 39.6 Å². The molecular formula is C74H144O17P2. The first-order chi connectivity index (χ1) is 44.9. The molecular weight excluding hydrogens is 1220 g/mol. The van der Waals surface area contributed by atoms with Gasteiger partial charge in [-0.25, -0.2) is 9.13 Å². The quantitative estimate of drug-likeness (QED) is 0.0222. The maximum Gasteiger partial charge on any atom is 0.472 e. The second kappa shape index (κ2) is 66.0. The highest BCUT2D eigenvalue weighted by molar-refractivity contribution is 7.47. The minimum atomic E-state index is -4.95. The molecule has 0 amide bonds. The van der Waals surface area contributed by atoms with Crippen molar-refractivity contribution in [2.45, 2.75) is 400 Å². The highest BCUT2D eigenvalue weighted by Crippen LogP contribution is 2.45. The van der Waals surface area contributed by atoms with Gasteiger partial charge in [-0.1, -0.05) is 330 Å². The van der Waals surface area contributed by atoms with Crippen LogP contribution in [-0.2, 0) is 65.4 Å². The molecule has 0 aliphatic heterocycles. The van der Waals surface area contributed by atoms with Crippen LogP contribution in [0.25, 0.3) is 0 Å². The van der Waals surface area contributed by atoms with Crippen molar-refractivity contribution >= 4 is 39.5 Å². The Hall–Kier alpha value is -1.94. The molecule has 0 aromatic heterocycles. The van der Waals surface area contributed by atoms with Gasteiger partial charge in [0, 0.05) is 25.7 Å². The number of phosphoric ester groups is 2. The van der Waals surface area contributed by atoms with Crippen LogP contribution in [0.15, 0.2) is 0 Å². The Morgan fingerprint density at radius 2 is 0.548 bits per heavy atom. The average molecular weight is 1370 g/mol. The van der Waals surface area contributed by atoms with Gasteiger partial charge in [0.25, 0.3) is 0 Å². The van der Waals surface area contributed by atoms with Crippen LogP contribution >= 0.6 is 15.6 Å². The predicted octanol–water partition coefficient (Wildman–Crippen LogP) is 21.6. The van der Waals surface area contributed by atoms with Gasteiger partial charge in [-0.3, -0.25) is 37.3 Å². The van der Waals surface area contributed by atoms with Crippen molar-refractivity contribution in [1.29, 1.82) is 0 Å². The number of hydrogen-bond acceptors (Lipinski definition) is 15. The summed E-state index contributed by atoms with van der Waals surface area (Å²) in [6.45, 7) is 9.49. The van der Waals surface area contributed by atoms with Gasteiger partial charge in [-0.05, 0) is 37.5 Å². The molecule has 6 atom stereocenters. The zero-order valence-electron chi connectivity index (χ0n) is 60.6. The summed E-state index contributed by atoms with van der Waals surface area (Å²) in [7, 11) is -9.88. The maximum absolute atomic E-state index is 13.1. The summed E-state index contributed by atoms with van der Waals surface area (Å²) >= 11 is 0. The minimum absolute atomic E-state index is 0.0990. The first-order valence-electron chi connectivity index (χ1n) is 38.5. The Bertz CT molecular complexity index is 1810. The summed E-state index contributed by atoms with van der Waals surface area (Å²) in [6, 6.07) is 0. The molecule has 3 N–H and O–H groups in total. The van der Waals surface area contributed by atoms with Crippen LogP contribution in [0, 0.1) is 11.8 Å². The third-order valence-corrected chi connectivity index (χ3v) is 19.5. The lowest BCUT2D eigenvalue weighted by Crippen LogP contribution is -2.30. The number of phosphoric acid groups is 2. The number of aliphatic hydroxyl groups is 1. The van der Waals surface area contributed by atoms with E-state index in [0.717, 1.165) is 108 Å². The van der Waals surface area contributed by atoms with Gasteiger partial charge in [0.15, 0.2) is 12.2 Å². The van der Waals surface area contributed by atoms with E-state index in [1.165, 1.54) is 193 Å². The number of esters is 4. The molecule has 0 aliphatic carbocycles. The zero-order chi connectivity index (χ0) is 68.6. The van der Waals surface area contributed by atoms with E-state index >= 15 is 0 Å². The molecule has 0 saturated carbocycles. The van der Waals surface area contributed by atoms with Crippen LogP contribution in [0.4, 0.5) is 0 Å².